The predicted molar refractivity (Wildman–Crippen MR) is 55.0 cm³/mol. The molecule has 1 unspecified atom stereocenters. The summed E-state index contributed by atoms with van der Waals surface area (Å²) in [4.78, 5) is 0. The van der Waals surface area contributed by atoms with Crippen LogP contribution in [-0.2, 0) is 0 Å². The normalized spacial score (nSPS) is 27.6. The lowest BCUT2D eigenvalue weighted by molar-refractivity contribution is 0.172. The smallest absolute Gasteiger partial charge is 0.00956 e. The van der Waals surface area contributed by atoms with Crippen molar-refractivity contribution in [2.24, 2.45) is 16.7 Å². The fraction of sp³-hybridized carbons (Fsp3) is 0.667. The Bertz CT molecular complexity index is 211. The molecule has 0 aliphatic heterocycles. The molecule has 0 fully saturated rings. The van der Waals surface area contributed by atoms with Gasteiger partial charge in [-0.2, -0.15) is 0 Å². The molecule has 0 nitrogen and oxygen atoms in total. The minimum absolute atomic E-state index is 0.312. The minimum Gasteiger partial charge on any atom is -0.0801 e. The first kappa shape index (κ1) is 9.57. The van der Waals surface area contributed by atoms with Crippen molar-refractivity contribution in [3.8, 4) is 0 Å². The SMILES string of the molecule is CC(C)(C)C1C=CC=CC1(C)C. The summed E-state index contributed by atoms with van der Waals surface area (Å²) in [6, 6.07) is 0. The lowest BCUT2D eigenvalue weighted by Crippen LogP contribution is -2.32. The average Bonchev–Trinajstić information content (AvgIpc) is 1.83. The van der Waals surface area contributed by atoms with Crippen LogP contribution in [0.5, 0.6) is 0 Å². The van der Waals surface area contributed by atoms with E-state index in [1.807, 2.05) is 0 Å². The zero-order chi connectivity index (χ0) is 9.41. The molecule has 1 aliphatic rings. The molecule has 0 heteroatoms. The van der Waals surface area contributed by atoms with Crippen LogP contribution in [-0.4, -0.2) is 0 Å². The highest BCUT2D eigenvalue weighted by atomic mass is 14.4. The van der Waals surface area contributed by atoms with Crippen LogP contribution < -0.4 is 0 Å². The third-order valence-electron chi connectivity index (χ3n) is 2.68. The summed E-state index contributed by atoms with van der Waals surface area (Å²) in [5.74, 6) is 0.648. The van der Waals surface area contributed by atoms with E-state index in [0.29, 0.717) is 16.7 Å². The lowest BCUT2D eigenvalue weighted by Gasteiger charge is -2.40. The van der Waals surface area contributed by atoms with Gasteiger partial charge in [-0.3, -0.25) is 0 Å². The third-order valence-corrected chi connectivity index (χ3v) is 2.68. The van der Waals surface area contributed by atoms with Crippen molar-refractivity contribution in [1.29, 1.82) is 0 Å². The number of hydrogen-bond acceptors (Lipinski definition) is 0. The molecule has 1 aliphatic carbocycles. The third kappa shape index (κ3) is 1.80. The van der Waals surface area contributed by atoms with Crippen LogP contribution in [0.25, 0.3) is 0 Å². The van der Waals surface area contributed by atoms with Gasteiger partial charge in [-0.1, -0.05) is 58.9 Å². The first-order valence-corrected chi connectivity index (χ1v) is 4.70. The van der Waals surface area contributed by atoms with Crippen LogP contribution in [0.3, 0.4) is 0 Å². The summed E-state index contributed by atoms with van der Waals surface area (Å²) in [6.07, 6.45) is 8.96. The van der Waals surface area contributed by atoms with E-state index in [1.165, 1.54) is 0 Å². The maximum absolute atomic E-state index is 2.33. The Labute approximate surface area is 76.4 Å². The Morgan fingerprint density at radius 1 is 1.08 bits per heavy atom. The van der Waals surface area contributed by atoms with E-state index >= 15 is 0 Å². The summed E-state index contributed by atoms with van der Waals surface area (Å²) in [5.41, 5.74) is 0.678. The van der Waals surface area contributed by atoms with Gasteiger partial charge in [0, 0.05) is 0 Å². The molecule has 0 saturated heterocycles. The monoisotopic (exact) mass is 164 g/mol. The van der Waals surface area contributed by atoms with Crippen molar-refractivity contribution in [2.45, 2.75) is 34.6 Å². The predicted octanol–water partition coefficient (Wildman–Crippen LogP) is 3.80. The van der Waals surface area contributed by atoms with Gasteiger partial charge in [0.1, 0.15) is 0 Å². The maximum atomic E-state index is 2.33. The summed E-state index contributed by atoms with van der Waals surface area (Å²) in [6.45, 7) is 11.5. The highest BCUT2D eigenvalue weighted by Gasteiger charge is 2.35. The fourth-order valence-corrected chi connectivity index (χ4v) is 2.24. The Hall–Kier alpha value is -0.520. The standard InChI is InChI=1S/C12H20/c1-11(2,3)10-8-6-7-9-12(10,4)5/h6-10H,1-5H3. The van der Waals surface area contributed by atoms with Crippen LogP contribution in [0.4, 0.5) is 0 Å². The Morgan fingerprint density at radius 3 is 2.00 bits per heavy atom. The Balaban J connectivity index is 2.92. The molecule has 1 atom stereocenters. The number of rotatable bonds is 0. The van der Waals surface area contributed by atoms with Crippen LogP contribution in [0.15, 0.2) is 24.3 Å². The van der Waals surface area contributed by atoms with Crippen molar-refractivity contribution in [3.05, 3.63) is 24.3 Å². The molecule has 0 aromatic rings. The fourth-order valence-electron chi connectivity index (χ4n) is 2.24. The summed E-state index contributed by atoms with van der Waals surface area (Å²) in [5, 5.41) is 0. The van der Waals surface area contributed by atoms with Crippen molar-refractivity contribution in [3.63, 3.8) is 0 Å². The van der Waals surface area contributed by atoms with Gasteiger partial charge in [0.2, 0.25) is 0 Å². The summed E-state index contributed by atoms with van der Waals surface area (Å²) >= 11 is 0. The van der Waals surface area contributed by atoms with E-state index < -0.39 is 0 Å². The Morgan fingerprint density at radius 2 is 1.67 bits per heavy atom. The van der Waals surface area contributed by atoms with Gasteiger partial charge in [-0.05, 0) is 16.7 Å². The average molecular weight is 164 g/mol. The first-order chi connectivity index (χ1) is 5.34. The second kappa shape index (κ2) is 2.76. The molecule has 1 rings (SSSR count). The molecule has 0 amide bonds. The highest BCUT2D eigenvalue weighted by Crippen LogP contribution is 2.43. The molecule has 0 spiro atoms. The zero-order valence-corrected chi connectivity index (χ0v) is 8.89. The van der Waals surface area contributed by atoms with E-state index in [4.69, 9.17) is 0 Å². The number of hydrogen-bond donors (Lipinski definition) is 0. The molecule has 68 valence electrons. The molecular weight excluding hydrogens is 144 g/mol. The van der Waals surface area contributed by atoms with Gasteiger partial charge in [-0.15, -0.1) is 0 Å². The van der Waals surface area contributed by atoms with E-state index in [-0.39, 0.29) is 0 Å². The van der Waals surface area contributed by atoms with Crippen LogP contribution in [0, 0.1) is 16.7 Å². The van der Waals surface area contributed by atoms with Gasteiger partial charge >= 0.3 is 0 Å². The molecular formula is C12H20. The summed E-state index contributed by atoms with van der Waals surface area (Å²) in [7, 11) is 0. The van der Waals surface area contributed by atoms with Crippen LogP contribution in [0.2, 0.25) is 0 Å². The van der Waals surface area contributed by atoms with E-state index in [9.17, 15) is 0 Å². The highest BCUT2D eigenvalue weighted by molar-refractivity contribution is 5.19. The van der Waals surface area contributed by atoms with Crippen LogP contribution in [0.1, 0.15) is 34.6 Å². The van der Waals surface area contributed by atoms with E-state index in [1.54, 1.807) is 0 Å². The van der Waals surface area contributed by atoms with Gasteiger partial charge < -0.3 is 0 Å². The molecule has 0 bridgehead atoms. The van der Waals surface area contributed by atoms with Crippen LogP contribution >= 0.6 is 0 Å². The van der Waals surface area contributed by atoms with Crippen molar-refractivity contribution < 1.29 is 0 Å². The summed E-state index contributed by atoms with van der Waals surface area (Å²) < 4.78 is 0. The molecule has 0 saturated carbocycles. The van der Waals surface area contributed by atoms with E-state index in [0.717, 1.165) is 0 Å². The van der Waals surface area contributed by atoms with E-state index in [2.05, 4.69) is 58.9 Å². The molecule has 0 aromatic carbocycles. The molecule has 0 heterocycles. The molecule has 0 radical (unpaired) electrons. The zero-order valence-electron chi connectivity index (χ0n) is 8.89. The van der Waals surface area contributed by atoms with Crippen molar-refractivity contribution >= 4 is 0 Å². The van der Waals surface area contributed by atoms with Gasteiger partial charge in [0.15, 0.2) is 0 Å². The van der Waals surface area contributed by atoms with Crippen molar-refractivity contribution in [1.82, 2.24) is 0 Å². The maximum Gasteiger partial charge on any atom is -0.00956 e. The van der Waals surface area contributed by atoms with Crippen molar-refractivity contribution in [2.75, 3.05) is 0 Å². The quantitative estimate of drug-likeness (QED) is 0.511. The topological polar surface area (TPSA) is 0 Å². The van der Waals surface area contributed by atoms with Gasteiger partial charge in [0.25, 0.3) is 0 Å². The molecule has 0 aromatic heterocycles. The first-order valence-electron chi connectivity index (χ1n) is 4.70. The van der Waals surface area contributed by atoms with Gasteiger partial charge in [-0.25, -0.2) is 0 Å². The van der Waals surface area contributed by atoms with Gasteiger partial charge in [0.05, 0.1) is 0 Å². The molecule has 12 heavy (non-hydrogen) atoms. The minimum atomic E-state index is 0.312. The second-order valence-electron chi connectivity index (χ2n) is 5.41. The Kier molecular flexibility index (Phi) is 2.20. The largest absolute Gasteiger partial charge is 0.0801 e. The lowest BCUT2D eigenvalue weighted by atomic mass is 9.64. The molecule has 0 N–H and O–H groups in total. The number of allylic oxidation sites excluding steroid dienone is 4. The second-order valence-corrected chi connectivity index (χ2v) is 5.41.